The Morgan fingerprint density at radius 1 is 1.64 bits per heavy atom. The number of carbonyl (C=O) groups is 2. The highest BCUT2D eigenvalue weighted by molar-refractivity contribution is 6.02. The average molecular weight is 154 g/mol. The number of nitrogens with one attached hydrogen (secondary N) is 1. The molecule has 0 fully saturated rings. The fraction of sp³-hybridized carbons (Fsp3) is 0.571. The lowest BCUT2D eigenvalue weighted by molar-refractivity contribution is -0.130. The zero-order chi connectivity index (χ0) is 8.85. The van der Waals surface area contributed by atoms with Gasteiger partial charge in [0, 0.05) is 6.54 Å². The van der Waals surface area contributed by atoms with Crippen LogP contribution in [0.3, 0.4) is 0 Å². The molecule has 0 aliphatic rings. The van der Waals surface area contributed by atoms with Crippen molar-refractivity contribution in [3.05, 3.63) is 0 Å². The molecule has 0 spiro atoms. The molecule has 0 heterocycles. The highest BCUT2D eigenvalue weighted by Crippen LogP contribution is 1.95. The third-order valence-electron chi connectivity index (χ3n) is 1.15. The minimum Gasteiger partial charge on any atom is -0.355 e. The molecule has 0 saturated heterocycles. The first-order chi connectivity index (χ1) is 5.13. The predicted octanol–water partition coefficient (Wildman–Crippen LogP) is -0.149. The van der Waals surface area contributed by atoms with E-state index in [1.807, 2.05) is 0 Å². The summed E-state index contributed by atoms with van der Waals surface area (Å²) in [4.78, 5) is 21.5. The van der Waals surface area contributed by atoms with Crippen molar-refractivity contribution < 1.29 is 9.59 Å². The van der Waals surface area contributed by atoms with Crippen LogP contribution < -0.4 is 5.32 Å². The largest absolute Gasteiger partial charge is 0.355 e. The van der Waals surface area contributed by atoms with Crippen LogP contribution in [0.2, 0.25) is 0 Å². The molecule has 0 aromatic heterocycles. The standard InChI is InChI=1S/C7H10N2O2/c1-3-9-7(11)6(4-8)5(2)10/h6H,3H2,1-2H3,(H,9,11). The van der Waals surface area contributed by atoms with E-state index in [9.17, 15) is 9.59 Å². The molecule has 1 amide bonds. The van der Waals surface area contributed by atoms with Crippen molar-refractivity contribution in [2.75, 3.05) is 6.54 Å². The number of rotatable bonds is 3. The molecule has 11 heavy (non-hydrogen) atoms. The predicted molar refractivity (Wildman–Crippen MR) is 38.5 cm³/mol. The molecular formula is C7H10N2O2. The van der Waals surface area contributed by atoms with E-state index in [1.165, 1.54) is 6.92 Å². The van der Waals surface area contributed by atoms with Crippen LogP contribution in [0, 0.1) is 17.2 Å². The van der Waals surface area contributed by atoms with Gasteiger partial charge in [-0.15, -0.1) is 0 Å². The zero-order valence-electron chi connectivity index (χ0n) is 6.55. The summed E-state index contributed by atoms with van der Waals surface area (Å²) >= 11 is 0. The van der Waals surface area contributed by atoms with E-state index in [-0.39, 0.29) is 0 Å². The van der Waals surface area contributed by atoms with Gasteiger partial charge in [0.15, 0.2) is 11.7 Å². The third kappa shape index (κ3) is 2.80. The van der Waals surface area contributed by atoms with Gasteiger partial charge in [0.25, 0.3) is 0 Å². The Morgan fingerprint density at radius 3 is 2.45 bits per heavy atom. The SMILES string of the molecule is CCNC(=O)C(C#N)C(C)=O. The topological polar surface area (TPSA) is 70.0 Å². The second-order valence-electron chi connectivity index (χ2n) is 2.07. The summed E-state index contributed by atoms with van der Waals surface area (Å²) in [5.41, 5.74) is 0. The van der Waals surface area contributed by atoms with Crippen molar-refractivity contribution >= 4 is 11.7 Å². The number of carbonyl (C=O) groups excluding carboxylic acids is 2. The van der Waals surface area contributed by atoms with Gasteiger partial charge in [0.1, 0.15) is 0 Å². The molecule has 0 rings (SSSR count). The quantitative estimate of drug-likeness (QED) is 0.575. The fourth-order valence-electron chi connectivity index (χ4n) is 0.610. The maximum absolute atomic E-state index is 10.9. The maximum Gasteiger partial charge on any atom is 0.244 e. The van der Waals surface area contributed by atoms with Gasteiger partial charge in [-0.3, -0.25) is 9.59 Å². The monoisotopic (exact) mass is 154 g/mol. The molecule has 4 heteroatoms. The molecule has 0 aromatic rings. The zero-order valence-corrected chi connectivity index (χ0v) is 6.55. The second-order valence-corrected chi connectivity index (χ2v) is 2.07. The molecule has 0 saturated carbocycles. The van der Waals surface area contributed by atoms with Gasteiger partial charge in [-0.05, 0) is 13.8 Å². The Hall–Kier alpha value is -1.37. The summed E-state index contributed by atoms with van der Waals surface area (Å²) in [7, 11) is 0. The van der Waals surface area contributed by atoms with E-state index in [4.69, 9.17) is 5.26 Å². The first-order valence-corrected chi connectivity index (χ1v) is 3.31. The summed E-state index contributed by atoms with van der Waals surface area (Å²) in [5.74, 6) is -2.07. The summed E-state index contributed by atoms with van der Waals surface area (Å²) in [6.45, 7) is 3.39. The van der Waals surface area contributed by atoms with Crippen LogP contribution in [0.25, 0.3) is 0 Å². The van der Waals surface area contributed by atoms with Crippen LogP contribution in [0.4, 0.5) is 0 Å². The molecule has 0 bridgehead atoms. The van der Waals surface area contributed by atoms with Crippen LogP contribution >= 0.6 is 0 Å². The van der Waals surface area contributed by atoms with E-state index < -0.39 is 17.6 Å². The smallest absolute Gasteiger partial charge is 0.244 e. The number of nitriles is 1. The summed E-state index contributed by atoms with van der Waals surface area (Å²) in [5, 5.41) is 10.8. The normalized spacial score (nSPS) is 11.4. The highest BCUT2D eigenvalue weighted by atomic mass is 16.2. The Balaban J connectivity index is 4.18. The second kappa shape index (κ2) is 4.45. The van der Waals surface area contributed by atoms with Crippen molar-refractivity contribution in [1.82, 2.24) is 5.32 Å². The molecule has 0 radical (unpaired) electrons. The van der Waals surface area contributed by atoms with E-state index >= 15 is 0 Å². The van der Waals surface area contributed by atoms with Crippen LogP contribution in [0.1, 0.15) is 13.8 Å². The summed E-state index contributed by atoms with van der Waals surface area (Å²) < 4.78 is 0. The molecule has 60 valence electrons. The third-order valence-corrected chi connectivity index (χ3v) is 1.15. The van der Waals surface area contributed by atoms with Gasteiger partial charge in [0.05, 0.1) is 6.07 Å². The van der Waals surface area contributed by atoms with Gasteiger partial charge in [-0.25, -0.2) is 0 Å². The fourth-order valence-corrected chi connectivity index (χ4v) is 0.610. The van der Waals surface area contributed by atoms with Crippen molar-refractivity contribution in [2.45, 2.75) is 13.8 Å². The lowest BCUT2D eigenvalue weighted by atomic mass is 10.1. The molecule has 1 unspecified atom stereocenters. The van der Waals surface area contributed by atoms with Gasteiger partial charge in [0.2, 0.25) is 5.91 Å². The molecule has 4 nitrogen and oxygen atoms in total. The van der Waals surface area contributed by atoms with Crippen LogP contribution in [0.5, 0.6) is 0 Å². The average Bonchev–Trinajstić information content (AvgIpc) is 1.88. The van der Waals surface area contributed by atoms with Crippen molar-refractivity contribution in [1.29, 1.82) is 5.26 Å². The van der Waals surface area contributed by atoms with Crippen LogP contribution in [-0.2, 0) is 9.59 Å². The first-order valence-electron chi connectivity index (χ1n) is 3.31. The Kier molecular flexibility index (Phi) is 3.89. The highest BCUT2D eigenvalue weighted by Gasteiger charge is 2.21. The molecule has 1 atom stereocenters. The molecule has 1 N–H and O–H groups in total. The minimum absolute atomic E-state index is 0.418. The Bertz CT molecular complexity index is 205. The molecule has 0 aromatic carbocycles. The number of ketones is 1. The molecule has 0 aliphatic heterocycles. The van der Waals surface area contributed by atoms with Crippen molar-refractivity contribution in [3.8, 4) is 6.07 Å². The number of Topliss-reactive ketones (excluding diaryl/α,β-unsaturated/α-hetero) is 1. The Labute approximate surface area is 65.2 Å². The number of nitrogens with zero attached hydrogens (tertiary/aromatic N) is 1. The number of hydrogen-bond acceptors (Lipinski definition) is 3. The summed E-state index contributed by atoms with van der Waals surface area (Å²) in [6.07, 6.45) is 0. The van der Waals surface area contributed by atoms with Crippen LogP contribution in [-0.4, -0.2) is 18.2 Å². The van der Waals surface area contributed by atoms with E-state index in [2.05, 4.69) is 5.32 Å². The number of hydrogen-bond donors (Lipinski definition) is 1. The van der Waals surface area contributed by atoms with Gasteiger partial charge in [-0.2, -0.15) is 5.26 Å². The van der Waals surface area contributed by atoms with Crippen LogP contribution in [0.15, 0.2) is 0 Å². The maximum atomic E-state index is 10.9. The lowest BCUT2D eigenvalue weighted by Crippen LogP contribution is -2.33. The van der Waals surface area contributed by atoms with E-state index in [0.717, 1.165) is 0 Å². The molecular weight excluding hydrogens is 144 g/mol. The van der Waals surface area contributed by atoms with E-state index in [0.29, 0.717) is 6.54 Å². The summed E-state index contributed by atoms with van der Waals surface area (Å²) in [6, 6.07) is 1.62. The van der Waals surface area contributed by atoms with Crippen molar-refractivity contribution in [2.24, 2.45) is 5.92 Å². The number of amides is 1. The van der Waals surface area contributed by atoms with Gasteiger partial charge < -0.3 is 5.32 Å². The van der Waals surface area contributed by atoms with Crippen molar-refractivity contribution in [3.63, 3.8) is 0 Å². The Morgan fingerprint density at radius 2 is 2.18 bits per heavy atom. The van der Waals surface area contributed by atoms with Gasteiger partial charge in [-0.1, -0.05) is 0 Å². The lowest BCUT2D eigenvalue weighted by Gasteiger charge is -2.03. The molecule has 0 aliphatic carbocycles. The van der Waals surface area contributed by atoms with E-state index in [1.54, 1.807) is 13.0 Å². The first kappa shape index (κ1) is 9.63. The minimum atomic E-state index is -1.14. The van der Waals surface area contributed by atoms with Gasteiger partial charge >= 0.3 is 0 Å².